The minimum Gasteiger partial charge on any atom is -0.452 e. The van der Waals surface area contributed by atoms with Gasteiger partial charge in [0.25, 0.3) is 10.0 Å². The van der Waals surface area contributed by atoms with Gasteiger partial charge in [0, 0.05) is 19.1 Å². The zero-order chi connectivity index (χ0) is 12.5. The number of nitrogens with zero attached hydrogens (tertiary/aromatic N) is 1. The molecule has 0 amide bonds. The standard InChI is InChI=1S/C11H18N2O3S.ClH/c1-9(12)10-4-2-6-13(8-10)17(14,15)11-5-3-7-16-11;/h3,5,7,9-10H,2,4,6,8,12H2,1H3;1H. The molecule has 2 atom stereocenters. The monoisotopic (exact) mass is 294 g/mol. The normalized spacial score (nSPS) is 23.3. The molecule has 2 N–H and O–H groups in total. The van der Waals surface area contributed by atoms with Crippen molar-refractivity contribution in [3.05, 3.63) is 18.4 Å². The molecule has 104 valence electrons. The Balaban J connectivity index is 0.00000162. The van der Waals surface area contributed by atoms with E-state index >= 15 is 0 Å². The lowest BCUT2D eigenvalue weighted by Gasteiger charge is -2.33. The summed E-state index contributed by atoms with van der Waals surface area (Å²) in [6, 6.07) is 3.08. The summed E-state index contributed by atoms with van der Waals surface area (Å²) in [7, 11) is -3.47. The first-order valence-corrected chi connectivity index (χ1v) is 7.25. The summed E-state index contributed by atoms with van der Waals surface area (Å²) in [5.74, 6) is 0.230. The summed E-state index contributed by atoms with van der Waals surface area (Å²) in [6.07, 6.45) is 3.22. The van der Waals surface area contributed by atoms with Crippen molar-refractivity contribution in [2.75, 3.05) is 13.1 Å². The predicted molar refractivity (Wildman–Crippen MR) is 71.1 cm³/mol. The molecule has 0 radical (unpaired) electrons. The molecule has 0 saturated carbocycles. The highest BCUT2D eigenvalue weighted by Gasteiger charge is 2.32. The number of furan rings is 1. The molecule has 7 heteroatoms. The summed E-state index contributed by atoms with van der Waals surface area (Å²) >= 11 is 0. The van der Waals surface area contributed by atoms with E-state index in [1.54, 1.807) is 6.07 Å². The lowest BCUT2D eigenvalue weighted by Crippen LogP contribution is -2.44. The molecule has 0 bridgehead atoms. The van der Waals surface area contributed by atoms with Gasteiger partial charge in [-0.2, -0.15) is 4.31 Å². The summed E-state index contributed by atoms with van der Waals surface area (Å²) in [5, 5.41) is 0.0165. The number of rotatable bonds is 3. The molecule has 1 aliphatic heterocycles. The molecule has 0 aliphatic carbocycles. The molecule has 5 nitrogen and oxygen atoms in total. The van der Waals surface area contributed by atoms with Gasteiger partial charge in [0.1, 0.15) is 0 Å². The van der Waals surface area contributed by atoms with Crippen LogP contribution in [0.2, 0.25) is 0 Å². The molecule has 1 saturated heterocycles. The maximum Gasteiger partial charge on any atom is 0.276 e. The maximum atomic E-state index is 12.2. The van der Waals surface area contributed by atoms with E-state index in [1.807, 2.05) is 6.92 Å². The number of piperidine rings is 1. The van der Waals surface area contributed by atoms with Crippen LogP contribution in [0, 0.1) is 5.92 Å². The minimum atomic E-state index is -3.47. The van der Waals surface area contributed by atoms with Gasteiger partial charge in [-0.3, -0.25) is 0 Å². The molecular weight excluding hydrogens is 276 g/mol. The second kappa shape index (κ2) is 6.06. The van der Waals surface area contributed by atoms with Gasteiger partial charge in [-0.25, -0.2) is 8.42 Å². The Labute approximate surface area is 114 Å². The lowest BCUT2D eigenvalue weighted by molar-refractivity contribution is 0.239. The third-order valence-electron chi connectivity index (χ3n) is 3.25. The second-order valence-corrected chi connectivity index (χ2v) is 6.43. The van der Waals surface area contributed by atoms with E-state index in [0.29, 0.717) is 13.1 Å². The quantitative estimate of drug-likeness (QED) is 0.915. The van der Waals surface area contributed by atoms with Crippen molar-refractivity contribution >= 4 is 22.4 Å². The van der Waals surface area contributed by atoms with Crippen LogP contribution in [0.15, 0.2) is 27.9 Å². The Morgan fingerprint density at radius 3 is 2.83 bits per heavy atom. The first-order chi connectivity index (χ1) is 8.01. The molecule has 18 heavy (non-hydrogen) atoms. The van der Waals surface area contributed by atoms with Gasteiger partial charge in [-0.1, -0.05) is 0 Å². The molecule has 2 heterocycles. The fourth-order valence-electron chi connectivity index (χ4n) is 2.16. The third-order valence-corrected chi connectivity index (χ3v) is 5.01. The van der Waals surface area contributed by atoms with E-state index < -0.39 is 10.0 Å². The van der Waals surface area contributed by atoms with Gasteiger partial charge < -0.3 is 10.2 Å². The van der Waals surface area contributed by atoms with E-state index in [9.17, 15) is 8.42 Å². The fourth-order valence-corrected chi connectivity index (χ4v) is 3.60. The molecule has 1 aliphatic rings. The van der Waals surface area contributed by atoms with E-state index in [0.717, 1.165) is 12.8 Å². The molecule has 0 aromatic carbocycles. The highest BCUT2D eigenvalue weighted by Crippen LogP contribution is 2.25. The second-order valence-electron chi connectivity index (χ2n) is 4.56. The van der Waals surface area contributed by atoms with Crippen molar-refractivity contribution in [2.45, 2.75) is 30.9 Å². The van der Waals surface area contributed by atoms with E-state index in [1.165, 1.54) is 16.6 Å². The van der Waals surface area contributed by atoms with Crippen LogP contribution in [0.4, 0.5) is 0 Å². The van der Waals surface area contributed by atoms with Gasteiger partial charge >= 0.3 is 0 Å². The van der Waals surface area contributed by atoms with Crippen molar-refractivity contribution in [1.82, 2.24) is 4.31 Å². The summed E-state index contributed by atoms with van der Waals surface area (Å²) in [6.45, 7) is 2.96. The van der Waals surface area contributed by atoms with E-state index in [4.69, 9.17) is 10.2 Å². The van der Waals surface area contributed by atoms with Crippen LogP contribution in [-0.2, 0) is 10.0 Å². The Morgan fingerprint density at radius 1 is 1.56 bits per heavy atom. The number of hydrogen-bond donors (Lipinski definition) is 1. The number of hydrogen-bond acceptors (Lipinski definition) is 4. The SMILES string of the molecule is CC(N)C1CCCN(S(=O)(=O)c2ccco2)C1.Cl. The van der Waals surface area contributed by atoms with E-state index in [2.05, 4.69) is 0 Å². The summed E-state index contributed by atoms with van der Waals surface area (Å²) < 4.78 is 30.9. The molecule has 0 spiro atoms. The van der Waals surface area contributed by atoms with Crippen LogP contribution < -0.4 is 5.73 Å². The van der Waals surface area contributed by atoms with Crippen molar-refractivity contribution in [2.24, 2.45) is 11.7 Å². The lowest BCUT2D eigenvalue weighted by atomic mass is 9.93. The Morgan fingerprint density at radius 2 is 2.28 bits per heavy atom. The average molecular weight is 295 g/mol. The van der Waals surface area contributed by atoms with Gasteiger partial charge in [-0.05, 0) is 37.8 Å². The number of sulfonamides is 1. The highest BCUT2D eigenvalue weighted by molar-refractivity contribution is 7.89. The fraction of sp³-hybridized carbons (Fsp3) is 0.636. The van der Waals surface area contributed by atoms with Crippen molar-refractivity contribution in [1.29, 1.82) is 0 Å². The minimum absolute atomic E-state index is 0. The summed E-state index contributed by atoms with van der Waals surface area (Å²) in [5.41, 5.74) is 5.85. The molecule has 1 aromatic heterocycles. The van der Waals surface area contributed by atoms with Gasteiger partial charge in [0.2, 0.25) is 5.09 Å². The zero-order valence-electron chi connectivity index (χ0n) is 10.3. The van der Waals surface area contributed by atoms with Crippen LogP contribution in [0.5, 0.6) is 0 Å². The molecule has 1 fully saturated rings. The Bertz CT molecular complexity index is 459. The maximum absolute atomic E-state index is 12.2. The van der Waals surface area contributed by atoms with Crippen molar-refractivity contribution in [3.63, 3.8) is 0 Å². The smallest absolute Gasteiger partial charge is 0.276 e. The van der Waals surface area contributed by atoms with E-state index in [-0.39, 0.29) is 29.5 Å². The van der Waals surface area contributed by atoms with Crippen LogP contribution in [0.25, 0.3) is 0 Å². The Hall–Kier alpha value is -0.560. The predicted octanol–water partition coefficient (Wildman–Crippen LogP) is 1.45. The number of nitrogens with two attached hydrogens (primary N) is 1. The van der Waals surface area contributed by atoms with Crippen molar-refractivity contribution < 1.29 is 12.8 Å². The van der Waals surface area contributed by atoms with Crippen LogP contribution >= 0.6 is 12.4 Å². The van der Waals surface area contributed by atoms with Gasteiger partial charge in [0.15, 0.2) is 0 Å². The molecule has 2 unspecified atom stereocenters. The number of halogens is 1. The van der Waals surface area contributed by atoms with Crippen LogP contribution in [0.3, 0.4) is 0 Å². The molecular formula is C11H19ClN2O3S. The average Bonchev–Trinajstić information content (AvgIpc) is 2.83. The third kappa shape index (κ3) is 3.06. The van der Waals surface area contributed by atoms with Crippen LogP contribution in [0.1, 0.15) is 19.8 Å². The Kier molecular flexibility index (Phi) is 5.21. The van der Waals surface area contributed by atoms with Gasteiger partial charge in [0.05, 0.1) is 6.26 Å². The molecule has 2 rings (SSSR count). The largest absolute Gasteiger partial charge is 0.452 e. The van der Waals surface area contributed by atoms with Crippen molar-refractivity contribution in [3.8, 4) is 0 Å². The van der Waals surface area contributed by atoms with Gasteiger partial charge in [-0.15, -0.1) is 12.4 Å². The first kappa shape index (κ1) is 15.5. The molecule has 1 aromatic rings. The van der Waals surface area contributed by atoms with Crippen LogP contribution in [-0.4, -0.2) is 31.9 Å². The zero-order valence-corrected chi connectivity index (χ0v) is 11.9. The first-order valence-electron chi connectivity index (χ1n) is 5.81. The summed E-state index contributed by atoms with van der Waals surface area (Å²) in [4.78, 5) is 0. The highest BCUT2D eigenvalue weighted by atomic mass is 35.5. The topological polar surface area (TPSA) is 76.5 Å².